The van der Waals surface area contributed by atoms with Crippen LogP contribution in [-0.2, 0) is 13.6 Å². The number of rotatable bonds is 1. The van der Waals surface area contributed by atoms with E-state index in [1.165, 1.54) is 4.57 Å². The quantitative estimate of drug-likeness (QED) is 0.722. The van der Waals surface area contributed by atoms with Gasteiger partial charge in [0.1, 0.15) is 0 Å². The number of hydrogen-bond acceptors (Lipinski definition) is 4. The third-order valence-corrected chi connectivity index (χ3v) is 5.09. The number of aromatic nitrogens is 4. The standard InChI is InChI=1S/C17H18ClN5O2/c1-9-7-22(11-5-4-10(2)12(18)6-11)16-19-14-13(23(16)8-9)15(24)20-17(25)21(14)3/h4-6,9H,7-8H2,1-3H3,(H,20,24,25)/t9-/m1/s1. The van der Waals surface area contributed by atoms with E-state index in [0.717, 1.165) is 17.8 Å². The van der Waals surface area contributed by atoms with Gasteiger partial charge in [-0.25, -0.2) is 4.79 Å². The second kappa shape index (κ2) is 5.49. The molecule has 0 aliphatic carbocycles. The molecule has 3 aromatic rings. The van der Waals surface area contributed by atoms with Crippen LogP contribution in [-0.4, -0.2) is 25.6 Å². The molecule has 3 heterocycles. The highest BCUT2D eigenvalue weighted by atomic mass is 35.5. The Morgan fingerprint density at radius 2 is 2.04 bits per heavy atom. The van der Waals surface area contributed by atoms with E-state index in [1.807, 2.05) is 34.6 Å². The normalized spacial score (nSPS) is 17.1. The van der Waals surface area contributed by atoms with E-state index in [2.05, 4.69) is 16.9 Å². The van der Waals surface area contributed by atoms with Crippen LogP contribution in [0.1, 0.15) is 12.5 Å². The number of nitrogens with one attached hydrogen (secondary N) is 1. The van der Waals surface area contributed by atoms with E-state index in [9.17, 15) is 9.59 Å². The van der Waals surface area contributed by atoms with E-state index in [0.29, 0.717) is 34.6 Å². The Balaban J connectivity index is 2.00. The van der Waals surface area contributed by atoms with E-state index >= 15 is 0 Å². The van der Waals surface area contributed by atoms with Gasteiger partial charge in [-0.1, -0.05) is 24.6 Å². The van der Waals surface area contributed by atoms with Gasteiger partial charge in [-0.3, -0.25) is 14.3 Å². The molecule has 1 N–H and O–H groups in total. The van der Waals surface area contributed by atoms with Gasteiger partial charge in [0.25, 0.3) is 5.56 Å². The Morgan fingerprint density at radius 3 is 2.76 bits per heavy atom. The van der Waals surface area contributed by atoms with Crippen LogP contribution in [0.5, 0.6) is 0 Å². The minimum absolute atomic E-state index is 0.307. The van der Waals surface area contributed by atoms with E-state index < -0.39 is 11.2 Å². The summed E-state index contributed by atoms with van der Waals surface area (Å²) < 4.78 is 3.25. The van der Waals surface area contributed by atoms with Gasteiger partial charge in [-0.05, 0) is 30.5 Å². The van der Waals surface area contributed by atoms with Crippen LogP contribution >= 0.6 is 11.6 Å². The maximum atomic E-state index is 12.4. The molecule has 0 saturated heterocycles. The van der Waals surface area contributed by atoms with Gasteiger partial charge in [0.05, 0.1) is 0 Å². The number of hydrogen-bond donors (Lipinski definition) is 1. The maximum Gasteiger partial charge on any atom is 0.329 e. The highest BCUT2D eigenvalue weighted by Gasteiger charge is 2.29. The second-order valence-electron chi connectivity index (χ2n) is 6.66. The zero-order valence-corrected chi connectivity index (χ0v) is 15.0. The fourth-order valence-electron chi connectivity index (χ4n) is 3.34. The number of aromatic amines is 1. The predicted octanol–water partition coefficient (Wildman–Crippen LogP) is 2.17. The van der Waals surface area contributed by atoms with Gasteiger partial charge in [0.2, 0.25) is 5.95 Å². The number of fused-ring (bicyclic) bond motifs is 3. The number of nitrogens with zero attached hydrogens (tertiary/aromatic N) is 4. The van der Waals surface area contributed by atoms with Crippen LogP contribution in [0.4, 0.5) is 11.6 Å². The van der Waals surface area contributed by atoms with Crippen molar-refractivity contribution < 1.29 is 0 Å². The predicted molar refractivity (Wildman–Crippen MR) is 98.0 cm³/mol. The molecule has 7 nitrogen and oxygen atoms in total. The largest absolute Gasteiger partial charge is 0.329 e. The lowest BCUT2D eigenvalue weighted by molar-refractivity contribution is 0.458. The van der Waals surface area contributed by atoms with Crippen molar-refractivity contribution in [2.24, 2.45) is 13.0 Å². The zero-order valence-electron chi connectivity index (χ0n) is 14.2. The summed E-state index contributed by atoms with van der Waals surface area (Å²) >= 11 is 6.29. The van der Waals surface area contributed by atoms with Crippen molar-refractivity contribution in [3.05, 3.63) is 49.6 Å². The van der Waals surface area contributed by atoms with Gasteiger partial charge in [0, 0.05) is 30.8 Å². The molecule has 1 aliphatic heterocycles. The average Bonchev–Trinajstić information content (AvgIpc) is 2.94. The van der Waals surface area contributed by atoms with Crippen molar-refractivity contribution in [1.82, 2.24) is 19.1 Å². The first-order valence-electron chi connectivity index (χ1n) is 8.10. The molecule has 0 amide bonds. The summed E-state index contributed by atoms with van der Waals surface area (Å²) in [6.07, 6.45) is 0. The first-order chi connectivity index (χ1) is 11.9. The number of anilines is 2. The third-order valence-electron chi connectivity index (χ3n) is 4.68. The van der Waals surface area contributed by atoms with Crippen molar-refractivity contribution in [1.29, 1.82) is 0 Å². The van der Waals surface area contributed by atoms with Gasteiger partial charge in [0.15, 0.2) is 11.2 Å². The molecule has 0 radical (unpaired) electrons. The van der Waals surface area contributed by atoms with E-state index in [1.54, 1.807) is 7.05 Å². The molecule has 4 rings (SSSR count). The highest BCUT2D eigenvalue weighted by molar-refractivity contribution is 6.31. The Kier molecular flexibility index (Phi) is 3.50. The van der Waals surface area contributed by atoms with Gasteiger partial charge in [-0.2, -0.15) is 4.98 Å². The fourth-order valence-corrected chi connectivity index (χ4v) is 3.51. The van der Waals surface area contributed by atoms with Gasteiger partial charge < -0.3 is 9.47 Å². The minimum Gasteiger partial charge on any atom is -0.312 e. The Hall–Kier alpha value is -2.54. The van der Waals surface area contributed by atoms with Gasteiger partial charge >= 0.3 is 5.69 Å². The molecule has 1 aliphatic rings. The molecular weight excluding hydrogens is 342 g/mol. The summed E-state index contributed by atoms with van der Waals surface area (Å²) in [7, 11) is 1.61. The number of imidazole rings is 1. The van der Waals surface area contributed by atoms with Crippen LogP contribution < -0.4 is 16.1 Å². The first kappa shape index (κ1) is 16.0. The molecule has 1 aromatic carbocycles. The van der Waals surface area contributed by atoms with Crippen LogP contribution in [0.25, 0.3) is 11.2 Å². The summed E-state index contributed by atoms with van der Waals surface area (Å²) in [6.45, 7) is 5.50. The van der Waals surface area contributed by atoms with Crippen LogP contribution in [0, 0.1) is 12.8 Å². The van der Waals surface area contributed by atoms with Crippen molar-refractivity contribution in [2.75, 3.05) is 11.4 Å². The molecule has 0 fully saturated rings. The van der Waals surface area contributed by atoms with Crippen molar-refractivity contribution in [3.8, 4) is 0 Å². The Bertz CT molecular complexity index is 1110. The molecule has 1 atom stereocenters. The third kappa shape index (κ3) is 2.38. The molecule has 0 unspecified atom stereocenters. The smallest absolute Gasteiger partial charge is 0.312 e. The average molecular weight is 360 g/mol. The number of halogens is 1. The maximum absolute atomic E-state index is 12.4. The molecule has 25 heavy (non-hydrogen) atoms. The number of benzene rings is 1. The molecule has 0 spiro atoms. The van der Waals surface area contributed by atoms with Crippen molar-refractivity contribution in [3.63, 3.8) is 0 Å². The summed E-state index contributed by atoms with van der Waals surface area (Å²) in [4.78, 5) is 33.3. The van der Waals surface area contributed by atoms with Crippen molar-refractivity contribution >= 4 is 34.4 Å². The summed E-state index contributed by atoms with van der Waals surface area (Å²) in [5.74, 6) is 0.960. The van der Waals surface area contributed by atoms with Crippen LogP contribution in [0.15, 0.2) is 27.8 Å². The van der Waals surface area contributed by atoms with Crippen molar-refractivity contribution in [2.45, 2.75) is 20.4 Å². The van der Waals surface area contributed by atoms with E-state index in [-0.39, 0.29) is 0 Å². The molecule has 0 bridgehead atoms. The lowest BCUT2D eigenvalue weighted by atomic mass is 10.1. The molecule has 2 aromatic heterocycles. The van der Waals surface area contributed by atoms with E-state index in [4.69, 9.17) is 11.6 Å². The molecule has 0 saturated carbocycles. The van der Waals surface area contributed by atoms with Gasteiger partial charge in [-0.15, -0.1) is 0 Å². The fraction of sp³-hybridized carbons (Fsp3) is 0.353. The zero-order chi connectivity index (χ0) is 17.9. The Labute approximate surface area is 148 Å². The lowest BCUT2D eigenvalue weighted by Crippen LogP contribution is -2.35. The molecule has 130 valence electrons. The van der Waals surface area contributed by atoms with Crippen LogP contribution in [0.3, 0.4) is 0 Å². The summed E-state index contributed by atoms with van der Waals surface area (Å²) in [5.41, 5.74) is 1.86. The van der Waals surface area contributed by atoms with Crippen LogP contribution in [0.2, 0.25) is 5.02 Å². The Morgan fingerprint density at radius 1 is 1.28 bits per heavy atom. The molecule has 8 heteroatoms. The lowest BCUT2D eigenvalue weighted by Gasteiger charge is -2.33. The summed E-state index contributed by atoms with van der Waals surface area (Å²) in [5, 5.41) is 0.684. The monoisotopic (exact) mass is 359 g/mol. The SMILES string of the molecule is Cc1ccc(N2C[C@@H](C)Cn3c2nc2c3c(=O)[nH]c(=O)n2C)cc1Cl. The highest BCUT2D eigenvalue weighted by Crippen LogP contribution is 2.34. The number of H-pyrrole nitrogens is 1. The topological polar surface area (TPSA) is 75.9 Å². The molecular formula is C17H18ClN5O2. The second-order valence-corrected chi connectivity index (χ2v) is 7.07. The first-order valence-corrected chi connectivity index (χ1v) is 8.48. The minimum atomic E-state index is -0.467. The number of aryl methyl sites for hydroxylation is 2. The summed E-state index contributed by atoms with van der Waals surface area (Å²) in [6, 6.07) is 5.86.